The molecule has 1 unspecified atom stereocenters. The molecule has 1 aromatic rings. The van der Waals surface area contributed by atoms with Gasteiger partial charge in [0.2, 0.25) is 0 Å². The minimum absolute atomic E-state index is 0.0381. The molecule has 0 aromatic carbocycles. The highest BCUT2D eigenvalue weighted by atomic mass is 16.5. The molecule has 0 N–H and O–H groups in total. The Morgan fingerprint density at radius 3 is 2.69 bits per heavy atom. The van der Waals surface area contributed by atoms with Crippen LogP contribution in [0.5, 0.6) is 0 Å². The zero-order chi connectivity index (χ0) is 12.0. The second-order valence-electron chi connectivity index (χ2n) is 3.79. The van der Waals surface area contributed by atoms with Crippen molar-refractivity contribution in [3.05, 3.63) is 29.6 Å². The molecule has 0 fully saturated rings. The topological polar surface area (TPSA) is 39.2 Å². The summed E-state index contributed by atoms with van der Waals surface area (Å²) in [6.45, 7) is 6.42. The molecule has 1 heterocycles. The summed E-state index contributed by atoms with van der Waals surface area (Å²) in [5, 5.41) is 0. The fourth-order valence-electron chi connectivity index (χ4n) is 1.55. The van der Waals surface area contributed by atoms with Crippen LogP contribution >= 0.6 is 0 Å². The highest BCUT2D eigenvalue weighted by Gasteiger charge is 2.19. The standard InChI is InChI=1S/C13H19NO2/c1-4-6-12(16-5-2)13(15)11-8-7-10(3)14-9-11/h7-9,12H,4-6H2,1-3H3. The maximum atomic E-state index is 12.1. The first-order valence-electron chi connectivity index (χ1n) is 5.77. The van der Waals surface area contributed by atoms with Crippen LogP contribution in [0.15, 0.2) is 18.3 Å². The number of hydrogen-bond acceptors (Lipinski definition) is 3. The van der Waals surface area contributed by atoms with E-state index in [1.165, 1.54) is 0 Å². The van der Waals surface area contributed by atoms with Gasteiger partial charge >= 0.3 is 0 Å². The van der Waals surface area contributed by atoms with Crippen LogP contribution in [0.1, 0.15) is 42.7 Å². The predicted octanol–water partition coefficient (Wildman–Crippen LogP) is 2.78. The average Bonchev–Trinajstić information content (AvgIpc) is 2.29. The Labute approximate surface area is 96.8 Å². The van der Waals surface area contributed by atoms with Crippen molar-refractivity contribution >= 4 is 5.78 Å². The lowest BCUT2D eigenvalue weighted by Gasteiger charge is -2.14. The lowest BCUT2D eigenvalue weighted by Crippen LogP contribution is -2.24. The van der Waals surface area contributed by atoms with Gasteiger partial charge in [-0.3, -0.25) is 9.78 Å². The summed E-state index contributed by atoms with van der Waals surface area (Å²) >= 11 is 0. The molecule has 0 saturated heterocycles. The van der Waals surface area contributed by atoms with E-state index in [-0.39, 0.29) is 11.9 Å². The minimum Gasteiger partial charge on any atom is -0.370 e. The lowest BCUT2D eigenvalue weighted by atomic mass is 10.0. The smallest absolute Gasteiger partial charge is 0.193 e. The molecule has 16 heavy (non-hydrogen) atoms. The Hall–Kier alpha value is -1.22. The van der Waals surface area contributed by atoms with E-state index in [4.69, 9.17) is 4.74 Å². The van der Waals surface area contributed by atoms with Crippen LogP contribution in [0.2, 0.25) is 0 Å². The molecule has 3 heteroatoms. The Kier molecular flexibility index (Phi) is 5.12. The van der Waals surface area contributed by atoms with E-state index >= 15 is 0 Å². The van der Waals surface area contributed by atoms with Crippen LogP contribution in [-0.4, -0.2) is 23.5 Å². The maximum absolute atomic E-state index is 12.1. The molecule has 0 spiro atoms. The highest BCUT2D eigenvalue weighted by Crippen LogP contribution is 2.11. The van der Waals surface area contributed by atoms with Crippen molar-refractivity contribution in [1.29, 1.82) is 0 Å². The van der Waals surface area contributed by atoms with Gasteiger partial charge in [-0.15, -0.1) is 0 Å². The lowest BCUT2D eigenvalue weighted by molar-refractivity contribution is 0.0423. The Morgan fingerprint density at radius 2 is 2.19 bits per heavy atom. The van der Waals surface area contributed by atoms with E-state index in [1.54, 1.807) is 6.20 Å². The van der Waals surface area contributed by atoms with Crippen LogP contribution in [0, 0.1) is 6.92 Å². The number of carbonyl (C=O) groups excluding carboxylic acids is 1. The van der Waals surface area contributed by atoms with Crippen molar-refractivity contribution < 1.29 is 9.53 Å². The average molecular weight is 221 g/mol. The first-order chi connectivity index (χ1) is 7.69. The van der Waals surface area contributed by atoms with Gasteiger partial charge in [0, 0.05) is 24.1 Å². The zero-order valence-electron chi connectivity index (χ0n) is 10.2. The molecule has 3 nitrogen and oxygen atoms in total. The van der Waals surface area contributed by atoms with Gasteiger partial charge in [0.15, 0.2) is 5.78 Å². The maximum Gasteiger partial charge on any atom is 0.193 e. The van der Waals surface area contributed by atoms with Crippen LogP contribution in [0.3, 0.4) is 0 Å². The summed E-state index contributed by atoms with van der Waals surface area (Å²) < 4.78 is 5.45. The number of pyridine rings is 1. The minimum atomic E-state index is -0.320. The molecule has 0 radical (unpaired) electrons. The molecular weight excluding hydrogens is 202 g/mol. The van der Waals surface area contributed by atoms with Crippen LogP contribution < -0.4 is 0 Å². The SMILES string of the molecule is CCCC(OCC)C(=O)c1ccc(C)nc1. The number of carbonyl (C=O) groups is 1. The number of rotatable bonds is 6. The van der Waals surface area contributed by atoms with Crippen molar-refractivity contribution in [1.82, 2.24) is 4.98 Å². The van der Waals surface area contributed by atoms with Gasteiger partial charge in [-0.25, -0.2) is 0 Å². The number of aryl methyl sites for hydroxylation is 1. The second-order valence-corrected chi connectivity index (χ2v) is 3.79. The number of aromatic nitrogens is 1. The van der Waals surface area contributed by atoms with Crippen molar-refractivity contribution in [2.45, 2.75) is 39.7 Å². The Bertz CT molecular complexity index is 326. The molecule has 88 valence electrons. The molecule has 1 rings (SSSR count). The molecule has 0 bridgehead atoms. The summed E-state index contributed by atoms with van der Waals surface area (Å²) in [5.41, 5.74) is 1.55. The summed E-state index contributed by atoms with van der Waals surface area (Å²) in [5.74, 6) is 0.0381. The number of ether oxygens (including phenoxy) is 1. The summed E-state index contributed by atoms with van der Waals surface area (Å²) in [7, 11) is 0. The normalized spacial score (nSPS) is 12.4. The van der Waals surface area contributed by atoms with Gasteiger partial charge in [-0.05, 0) is 32.4 Å². The van der Waals surface area contributed by atoms with Crippen molar-refractivity contribution in [3.63, 3.8) is 0 Å². The number of Topliss-reactive ketones (excluding diaryl/α,β-unsaturated/α-hetero) is 1. The first kappa shape index (κ1) is 12.8. The summed E-state index contributed by atoms with van der Waals surface area (Å²) in [4.78, 5) is 16.2. The molecule has 0 saturated carbocycles. The van der Waals surface area contributed by atoms with Crippen LogP contribution in [0.25, 0.3) is 0 Å². The van der Waals surface area contributed by atoms with Gasteiger partial charge < -0.3 is 4.74 Å². The second kappa shape index (κ2) is 6.38. The van der Waals surface area contributed by atoms with E-state index in [0.29, 0.717) is 12.2 Å². The Morgan fingerprint density at radius 1 is 1.44 bits per heavy atom. The molecule has 0 aliphatic carbocycles. The van der Waals surface area contributed by atoms with E-state index in [2.05, 4.69) is 4.98 Å². The van der Waals surface area contributed by atoms with E-state index in [9.17, 15) is 4.79 Å². The zero-order valence-corrected chi connectivity index (χ0v) is 10.2. The number of hydrogen-bond donors (Lipinski definition) is 0. The molecular formula is C13H19NO2. The van der Waals surface area contributed by atoms with Crippen molar-refractivity contribution in [3.8, 4) is 0 Å². The number of ketones is 1. The monoisotopic (exact) mass is 221 g/mol. The first-order valence-corrected chi connectivity index (χ1v) is 5.77. The van der Waals surface area contributed by atoms with Gasteiger partial charge in [0.1, 0.15) is 6.10 Å². The largest absolute Gasteiger partial charge is 0.370 e. The molecule has 0 amide bonds. The fraction of sp³-hybridized carbons (Fsp3) is 0.538. The van der Waals surface area contributed by atoms with Crippen LogP contribution in [-0.2, 0) is 4.74 Å². The van der Waals surface area contributed by atoms with Gasteiger partial charge in [0.05, 0.1) is 0 Å². The molecule has 0 aliphatic heterocycles. The van der Waals surface area contributed by atoms with Crippen LogP contribution in [0.4, 0.5) is 0 Å². The quantitative estimate of drug-likeness (QED) is 0.693. The fourth-order valence-corrected chi connectivity index (χ4v) is 1.55. The van der Waals surface area contributed by atoms with E-state index in [1.807, 2.05) is 32.9 Å². The van der Waals surface area contributed by atoms with Gasteiger partial charge in [0.25, 0.3) is 0 Å². The van der Waals surface area contributed by atoms with Gasteiger partial charge in [-0.2, -0.15) is 0 Å². The van der Waals surface area contributed by atoms with E-state index < -0.39 is 0 Å². The molecule has 1 aromatic heterocycles. The van der Waals surface area contributed by atoms with Crippen molar-refractivity contribution in [2.75, 3.05) is 6.61 Å². The van der Waals surface area contributed by atoms with E-state index in [0.717, 1.165) is 18.5 Å². The third kappa shape index (κ3) is 3.42. The summed E-state index contributed by atoms with van der Waals surface area (Å²) in [6.07, 6.45) is 3.01. The Balaban J connectivity index is 2.77. The highest BCUT2D eigenvalue weighted by molar-refractivity contribution is 5.99. The third-order valence-corrected chi connectivity index (χ3v) is 2.41. The third-order valence-electron chi connectivity index (χ3n) is 2.41. The number of nitrogens with zero attached hydrogens (tertiary/aromatic N) is 1. The molecule has 1 atom stereocenters. The predicted molar refractivity (Wildman–Crippen MR) is 63.6 cm³/mol. The summed E-state index contributed by atoms with van der Waals surface area (Å²) in [6, 6.07) is 3.66. The molecule has 0 aliphatic rings. The van der Waals surface area contributed by atoms with Crippen molar-refractivity contribution in [2.24, 2.45) is 0 Å². The van der Waals surface area contributed by atoms with Gasteiger partial charge in [-0.1, -0.05) is 13.3 Å².